The zero-order valence-corrected chi connectivity index (χ0v) is 8.18. The molecule has 1 aliphatic carbocycles. The molecule has 1 aliphatic rings. The Morgan fingerprint density at radius 3 is 2.42 bits per heavy atom. The minimum atomic E-state index is 0.310. The van der Waals surface area contributed by atoms with E-state index in [1.165, 1.54) is 19.3 Å². The first-order valence-electron chi connectivity index (χ1n) is 5.05. The molecule has 0 bridgehead atoms. The van der Waals surface area contributed by atoms with Crippen LogP contribution in [-0.2, 0) is 4.79 Å². The van der Waals surface area contributed by atoms with Crippen molar-refractivity contribution < 1.29 is 4.79 Å². The lowest BCUT2D eigenvalue weighted by molar-refractivity contribution is -0.131. The molecule has 12 heavy (non-hydrogen) atoms. The lowest BCUT2D eigenvalue weighted by Gasteiger charge is -2.31. The van der Waals surface area contributed by atoms with Crippen LogP contribution in [0.1, 0.15) is 39.5 Å². The van der Waals surface area contributed by atoms with E-state index in [0.29, 0.717) is 12.3 Å². The van der Waals surface area contributed by atoms with Crippen molar-refractivity contribution >= 4 is 5.91 Å². The van der Waals surface area contributed by atoms with E-state index in [0.717, 1.165) is 19.0 Å². The predicted molar refractivity (Wildman–Crippen MR) is 49.9 cm³/mol. The Hall–Kier alpha value is -0.530. The van der Waals surface area contributed by atoms with Crippen molar-refractivity contribution in [2.24, 2.45) is 5.92 Å². The molecule has 0 unspecified atom stereocenters. The average molecular weight is 169 g/mol. The first kappa shape index (κ1) is 9.56. The van der Waals surface area contributed by atoms with Crippen LogP contribution in [0.4, 0.5) is 0 Å². The van der Waals surface area contributed by atoms with Crippen LogP contribution in [0.2, 0.25) is 0 Å². The van der Waals surface area contributed by atoms with E-state index in [4.69, 9.17) is 0 Å². The predicted octanol–water partition coefficient (Wildman–Crippen LogP) is 2.04. The molecule has 0 heterocycles. The Labute approximate surface area is 74.9 Å². The summed E-state index contributed by atoms with van der Waals surface area (Å²) in [5, 5.41) is 0. The smallest absolute Gasteiger partial charge is 0.222 e. The Balaban J connectivity index is 2.28. The Morgan fingerprint density at radius 1 is 1.42 bits per heavy atom. The summed E-state index contributed by atoms with van der Waals surface area (Å²) in [4.78, 5) is 13.3. The van der Waals surface area contributed by atoms with Gasteiger partial charge in [-0.25, -0.2) is 0 Å². The summed E-state index contributed by atoms with van der Waals surface area (Å²) in [5.74, 6) is 1.12. The highest BCUT2D eigenvalue weighted by molar-refractivity contribution is 5.75. The van der Waals surface area contributed by atoms with Gasteiger partial charge in [-0.15, -0.1) is 0 Å². The van der Waals surface area contributed by atoms with Crippen molar-refractivity contribution in [3.05, 3.63) is 0 Å². The van der Waals surface area contributed by atoms with Crippen molar-refractivity contribution in [3.8, 4) is 0 Å². The lowest BCUT2D eigenvalue weighted by atomic mass is 9.85. The standard InChI is InChI=1S/C10H19NO/c1-3-10(12)11(4-2)8-9-6-5-7-9/h9H,3-8H2,1-2H3. The fourth-order valence-corrected chi connectivity index (χ4v) is 1.62. The normalized spacial score (nSPS) is 17.2. The minimum Gasteiger partial charge on any atom is -0.343 e. The van der Waals surface area contributed by atoms with Gasteiger partial charge >= 0.3 is 0 Å². The highest BCUT2D eigenvalue weighted by Crippen LogP contribution is 2.27. The summed E-state index contributed by atoms with van der Waals surface area (Å²) < 4.78 is 0. The molecule has 0 aromatic rings. The number of amides is 1. The summed E-state index contributed by atoms with van der Waals surface area (Å²) in [7, 11) is 0. The first-order chi connectivity index (χ1) is 5.77. The Bertz CT molecular complexity index is 152. The van der Waals surface area contributed by atoms with E-state index >= 15 is 0 Å². The van der Waals surface area contributed by atoms with Gasteiger partial charge in [-0.05, 0) is 25.7 Å². The third-order valence-corrected chi connectivity index (χ3v) is 2.74. The van der Waals surface area contributed by atoms with Gasteiger partial charge in [0.15, 0.2) is 0 Å². The van der Waals surface area contributed by atoms with E-state index in [9.17, 15) is 4.79 Å². The van der Waals surface area contributed by atoms with Crippen molar-refractivity contribution in [2.45, 2.75) is 39.5 Å². The van der Waals surface area contributed by atoms with E-state index < -0.39 is 0 Å². The van der Waals surface area contributed by atoms with Gasteiger partial charge in [-0.3, -0.25) is 4.79 Å². The largest absolute Gasteiger partial charge is 0.343 e. The van der Waals surface area contributed by atoms with Gasteiger partial charge in [0, 0.05) is 19.5 Å². The number of carbonyl (C=O) groups excluding carboxylic acids is 1. The molecule has 0 saturated heterocycles. The van der Waals surface area contributed by atoms with E-state index in [1.807, 2.05) is 11.8 Å². The molecule has 0 aliphatic heterocycles. The highest BCUT2D eigenvalue weighted by Gasteiger charge is 2.21. The van der Waals surface area contributed by atoms with Crippen LogP contribution in [0.25, 0.3) is 0 Å². The highest BCUT2D eigenvalue weighted by atomic mass is 16.2. The van der Waals surface area contributed by atoms with E-state index in [1.54, 1.807) is 0 Å². The minimum absolute atomic E-state index is 0.310. The second-order valence-corrected chi connectivity index (χ2v) is 3.58. The van der Waals surface area contributed by atoms with Gasteiger partial charge in [0.25, 0.3) is 0 Å². The summed E-state index contributed by atoms with van der Waals surface area (Å²) in [6.45, 7) is 5.88. The molecule has 2 heteroatoms. The summed E-state index contributed by atoms with van der Waals surface area (Å²) in [6.07, 6.45) is 4.67. The van der Waals surface area contributed by atoms with Crippen LogP contribution in [0.3, 0.4) is 0 Å². The molecule has 0 radical (unpaired) electrons. The second-order valence-electron chi connectivity index (χ2n) is 3.58. The Kier molecular flexibility index (Phi) is 3.57. The monoisotopic (exact) mass is 169 g/mol. The average Bonchev–Trinajstić information content (AvgIpc) is 2.02. The van der Waals surface area contributed by atoms with E-state index in [-0.39, 0.29) is 0 Å². The van der Waals surface area contributed by atoms with Crippen molar-refractivity contribution in [1.29, 1.82) is 0 Å². The maximum Gasteiger partial charge on any atom is 0.222 e. The summed E-state index contributed by atoms with van der Waals surface area (Å²) in [5.41, 5.74) is 0. The third-order valence-electron chi connectivity index (χ3n) is 2.74. The number of carbonyl (C=O) groups is 1. The fourth-order valence-electron chi connectivity index (χ4n) is 1.62. The molecule has 0 atom stereocenters. The molecule has 1 rings (SSSR count). The van der Waals surface area contributed by atoms with Crippen LogP contribution < -0.4 is 0 Å². The van der Waals surface area contributed by atoms with Gasteiger partial charge in [0.2, 0.25) is 5.91 Å². The van der Waals surface area contributed by atoms with Gasteiger partial charge in [-0.2, -0.15) is 0 Å². The molecule has 70 valence electrons. The van der Waals surface area contributed by atoms with E-state index in [2.05, 4.69) is 6.92 Å². The quantitative estimate of drug-likeness (QED) is 0.630. The zero-order valence-electron chi connectivity index (χ0n) is 8.18. The lowest BCUT2D eigenvalue weighted by Crippen LogP contribution is -2.36. The first-order valence-corrected chi connectivity index (χ1v) is 5.05. The molecule has 1 saturated carbocycles. The van der Waals surface area contributed by atoms with Crippen molar-refractivity contribution in [3.63, 3.8) is 0 Å². The second kappa shape index (κ2) is 4.48. The fraction of sp³-hybridized carbons (Fsp3) is 0.900. The molecule has 1 fully saturated rings. The molecule has 0 aromatic heterocycles. The zero-order chi connectivity index (χ0) is 8.97. The number of nitrogens with zero attached hydrogens (tertiary/aromatic N) is 1. The topological polar surface area (TPSA) is 20.3 Å². The van der Waals surface area contributed by atoms with Gasteiger partial charge in [-0.1, -0.05) is 13.3 Å². The number of hydrogen-bond acceptors (Lipinski definition) is 1. The third kappa shape index (κ3) is 2.23. The van der Waals surface area contributed by atoms with Gasteiger partial charge < -0.3 is 4.90 Å². The summed E-state index contributed by atoms with van der Waals surface area (Å²) in [6, 6.07) is 0. The van der Waals surface area contributed by atoms with Gasteiger partial charge in [0.1, 0.15) is 0 Å². The maximum atomic E-state index is 11.3. The van der Waals surface area contributed by atoms with Gasteiger partial charge in [0.05, 0.1) is 0 Å². The molecule has 0 N–H and O–H groups in total. The van der Waals surface area contributed by atoms with Crippen LogP contribution in [0, 0.1) is 5.92 Å². The maximum absolute atomic E-state index is 11.3. The molecule has 1 amide bonds. The molecular formula is C10H19NO. The number of rotatable bonds is 4. The molecule has 0 aromatic carbocycles. The van der Waals surface area contributed by atoms with Crippen molar-refractivity contribution in [1.82, 2.24) is 4.90 Å². The SMILES string of the molecule is CCC(=O)N(CC)CC1CCC1. The van der Waals surface area contributed by atoms with Crippen molar-refractivity contribution in [2.75, 3.05) is 13.1 Å². The molecule has 0 spiro atoms. The van der Waals surface area contributed by atoms with Crippen LogP contribution in [0.15, 0.2) is 0 Å². The number of hydrogen-bond donors (Lipinski definition) is 0. The molecule has 2 nitrogen and oxygen atoms in total. The summed E-state index contributed by atoms with van der Waals surface area (Å²) >= 11 is 0. The van der Waals surface area contributed by atoms with Crippen LogP contribution in [0.5, 0.6) is 0 Å². The Morgan fingerprint density at radius 2 is 2.08 bits per heavy atom. The van der Waals surface area contributed by atoms with Crippen LogP contribution in [-0.4, -0.2) is 23.9 Å². The van der Waals surface area contributed by atoms with Crippen LogP contribution >= 0.6 is 0 Å². The molecular weight excluding hydrogens is 150 g/mol.